The molecule has 0 saturated heterocycles. The van der Waals surface area contributed by atoms with Crippen LogP contribution in [0.25, 0.3) is 0 Å². The maximum absolute atomic E-state index is 13.4. The molecule has 0 spiro atoms. The third kappa shape index (κ3) is 3.63. The Bertz CT molecular complexity index is 454. The van der Waals surface area contributed by atoms with Crippen LogP contribution >= 0.6 is 0 Å². The van der Waals surface area contributed by atoms with Crippen molar-refractivity contribution in [1.29, 1.82) is 0 Å². The van der Waals surface area contributed by atoms with Crippen LogP contribution in [0.1, 0.15) is 50.1 Å². The van der Waals surface area contributed by atoms with Gasteiger partial charge in [0.1, 0.15) is 0 Å². The van der Waals surface area contributed by atoms with E-state index >= 15 is 0 Å². The molecular formula is C16H21F2N. The molecule has 0 aromatic heterocycles. The molecule has 1 aromatic carbocycles. The van der Waals surface area contributed by atoms with Gasteiger partial charge in [-0.1, -0.05) is 30.6 Å². The van der Waals surface area contributed by atoms with Gasteiger partial charge in [0.15, 0.2) is 11.6 Å². The largest absolute Gasteiger partial charge is 0.310 e. The van der Waals surface area contributed by atoms with E-state index in [1.165, 1.54) is 43.4 Å². The lowest BCUT2D eigenvalue weighted by atomic mass is 9.91. The van der Waals surface area contributed by atoms with Crippen molar-refractivity contribution in [2.75, 3.05) is 7.05 Å². The number of hydrogen-bond acceptors (Lipinski definition) is 1. The average Bonchev–Trinajstić information content (AvgIpc) is 2.36. The van der Waals surface area contributed by atoms with Crippen LogP contribution < -0.4 is 5.32 Å². The van der Waals surface area contributed by atoms with E-state index in [-0.39, 0.29) is 6.04 Å². The Morgan fingerprint density at radius 3 is 2.58 bits per heavy atom. The molecule has 1 atom stereocenters. The highest BCUT2D eigenvalue weighted by Gasteiger charge is 2.17. The number of nitrogens with one attached hydrogen (secondary N) is 1. The van der Waals surface area contributed by atoms with Crippen molar-refractivity contribution in [3.05, 3.63) is 47.0 Å². The molecule has 0 amide bonds. The summed E-state index contributed by atoms with van der Waals surface area (Å²) in [4.78, 5) is 0. The number of hydrogen-bond donors (Lipinski definition) is 1. The molecule has 0 radical (unpaired) electrons. The minimum Gasteiger partial charge on any atom is -0.310 e. The highest BCUT2D eigenvalue weighted by Crippen LogP contribution is 2.29. The molecule has 3 heteroatoms. The number of rotatable bonds is 3. The lowest BCUT2D eigenvalue weighted by Gasteiger charge is -2.22. The van der Waals surface area contributed by atoms with E-state index in [9.17, 15) is 8.78 Å². The van der Waals surface area contributed by atoms with Crippen LogP contribution in [0.3, 0.4) is 0 Å². The summed E-state index contributed by atoms with van der Waals surface area (Å²) >= 11 is 0. The Morgan fingerprint density at radius 1 is 1.05 bits per heavy atom. The molecular weight excluding hydrogens is 244 g/mol. The predicted molar refractivity (Wildman–Crippen MR) is 73.9 cm³/mol. The molecule has 0 bridgehead atoms. The van der Waals surface area contributed by atoms with Gasteiger partial charge in [0.2, 0.25) is 0 Å². The van der Waals surface area contributed by atoms with E-state index in [0.29, 0.717) is 0 Å². The maximum atomic E-state index is 13.4. The van der Waals surface area contributed by atoms with Crippen molar-refractivity contribution in [2.45, 2.75) is 44.6 Å². The highest BCUT2D eigenvalue weighted by molar-refractivity contribution is 5.29. The standard InChI is InChI=1S/C16H21F2N/c1-19-16(12-7-5-3-2-4-6-8-12)13-9-10-14(17)15(18)11-13/h7,9-11,16,19H,2-6,8H2,1H3/b12-7+. The highest BCUT2D eigenvalue weighted by atomic mass is 19.2. The van der Waals surface area contributed by atoms with Gasteiger partial charge >= 0.3 is 0 Å². The summed E-state index contributed by atoms with van der Waals surface area (Å²) in [5.74, 6) is -1.56. The Hall–Kier alpha value is -1.22. The van der Waals surface area contributed by atoms with Crippen molar-refractivity contribution in [1.82, 2.24) is 5.32 Å². The topological polar surface area (TPSA) is 12.0 Å². The van der Waals surface area contributed by atoms with Crippen molar-refractivity contribution >= 4 is 0 Å². The predicted octanol–water partition coefficient (Wildman–Crippen LogP) is 4.51. The molecule has 1 unspecified atom stereocenters. The smallest absolute Gasteiger partial charge is 0.159 e. The lowest BCUT2D eigenvalue weighted by molar-refractivity contribution is 0.503. The van der Waals surface area contributed by atoms with Crippen LogP contribution in [0.5, 0.6) is 0 Å². The number of benzene rings is 1. The average molecular weight is 265 g/mol. The van der Waals surface area contributed by atoms with Crippen molar-refractivity contribution in [3.63, 3.8) is 0 Å². The second kappa shape index (κ2) is 6.80. The van der Waals surface area contributed by atoms with Gasteiger partial charge in [-0.15, -0.1) is 0 Å². The van der Waals surface area contributed by atoms with Crippen LogP contribution in [-0.4, -0.2) is 7.05 Å². The molecule has 104 valence electrons. The van der Waals surface area contributed by atoms with E-state index in [1.54, 1.807) is 6.07 Å². The molecule has 0 aliphatic heterocycles. The van der Waals surface area contributed by atoms with Gasteiger partial charge in [-0.3, -0.25) is 0 Å². The van der Waals surface area contributed by atoms with E-state index in [2.05, 4.69) is 11.4 Å². The minimum atomic E-state index is -0.787. The molecule has 1 aromatic rings. The fourth-order valence-corrected chi connectivity index (χ4v) is 2.74. The van der Waals surface area contributed by atoms with Crippen LogP contribution in [-0.2, 0) is 0 Å². The summed E-state index contributed by atoms with van der Waals surface area (Å²) in [5, 5.41) is 3.23. The summed E-state index contributed by atoms with van der Waals surface area (Å²) in [6.07, 6.45) is 9.32. The zero-order valence-electron chi connectivity index (χ0n) is 11.4. The molecule has 0 fully saturated rings. The first-order valence-electron chi connectivity index (χ1n) is 7.03. The van der Waals surface area contributed by atoms with Crippen LogP contribution in [0.15, 0.2) is 29.8 Å². The van der Waals surface area contributed by atoms with Gasteiger partial charge in [-0.2, -0.15) is 0 Å². The lowest BCUT2D eigenvalue weighted by Crippen LogP contribution is -2.19. The maximum Gasteiger partial charge on any atom is 0.159 e. The second-order valence-corrected chi connectivity index (χ2v) is 5.13. The van der Waals surface area contributed by atoms with Crippen LogP contribution in [0, 0.1) is 11.6 Å². The Morgan fingerprint density at radius 2 is 1.84 bits per heavy atom. The molecule has 0 saturated carbocycles. The van der Waals surface area contributed by atoms with Crippen LogP contribution in [0.2, 0.25) is 0 Å². The van der Waals surface area contributed by atoms with Crippen molar-refractivity contribution in [2.24, 2.45) is 0 Å². The fraction of sp³-hybridized carbons (Fsp3) is 0.500. The second-order valence-electron chi connectivity index (χ2n) is 5.13. The quantitative estimate of drug-likeness (QED) is 0.793. The van der Waals surface area contributed by atoms with Crippen molar-refractivity contribution < 1.29 is 8.78 Å². The molecule has 1 N–H and O–H groups in total. The van der Waals surface area contributed by atoms with E-state index in [4.69, 9.17) is 0 Å². The normalized spacial score (nSPS) is 21.1. The summed E-state index contributed by atoms with van der Waals surface area (Å²) in [7, 11) is 1.87. The third-order valence-electron chi connectivity index (χ3n) is 3.76. The Balaban J connectivity index is 2.24. The van der Waals surface area contributed by atoms with E-state index in [0.717, 1.165) is 18.4 Å². The monoisotopic (exact) mass is 265 g/mol. The van der Waals surface area contributed by atoms with Gasteiger partial charge in [-0.25, -0.2) is 8.78 Å². The van der Waals surface area contributed by atoms with Gasteiger partial charge in [0, 0.05) is 0 Å². The molecule has 0 heterocycles. The third-order valence-corrected chi connectivity index (χ3v) is 3.76. The molecule has 19 heavy (non-hydrogen) atoms. The van der Waals surface area contributed by atoms with Gasteiger partial charge in [-0.05, 0) is 50.4 Å². The van der Waals surface area contributed by atoms with Gasteiger partial charge in [0.05, 0.1) is 6.04 Å². The van der Waals surface area contributed by atoms with E-state index < -0.39 is 11.6 Å². The van der Waals surface area contributed by atoms with Gasteiger partial charge < -0.3 is 5.32 Å². The van der Waals surface area contributed by atoms with Gasteiger partial charge in [0.25, 0.3) is 0 Å². The zero-order chi connectivity index (χ0) is 13.7. The molecule has 1 aliphatic carbocycles. The molecule has 1 nitrogen and oxygen atoms in total. The minimum absolute atomic E-state index is 0.00630. The number of halogens is 2. The van der Waals surface area contributed by atoms with E-state index in [1.807, 2.05) is 7.05 Å². The molecule has 1 aliphatic rings. The first kappa shape index (κ1) is 14.2. The SMILES string of the molecule is CNC(/C1=C/CCCCCC1)c1ccc(F)c(F)c1. The summed E-state index contributed by atoms with van der Waals surface area (Å²) in [5.41, 5.74) is 2.10. The summed E-state index contributed by atoms with van der Waals surface area (Å²) in [6, 6.07) is 4.17. The van der Waals surface area contributed by atoms with Crippen molar-refractivity contribution in [3.8, 4) is 0 Å². The fourth-order valence-electron chi connectivity index (χ4n) is 2.74. The molecule has 2 rings (SSSR count). The summed E-state index contributed by atoms with van der Waals surface area (Å²) in [6.45, 7) is 0. The van der Waals surface area contributed by atoms with Crippen LogP contribution in [0.4, 0.5) is 8.78 Å². The first-order chi connectivity index (χ1) is 9.22. The summed E-state index contributed by atoms with van der Waals surface area (Å²) < 4.78 is 26.4. The zero-order valence-corrected chi connectivity index (χ0v) is 11.4. The Labute approximate surface area is 113 Å². The number of allylic oxidation sites excluding steroid dienone is 1. The Kier molecular flexibility index (Phi) is 5.08. The number of likely N-dealkylation sites (N-methyl/N-ethyl adjacent to an activating group) is 1. The first-order valence-corrected chi connectivity index (χ1v) is 7.03.